The second-order valence-electron chi connectivity index (χ2n) is 4.18. The molecule has 18 heavy (non-hydrogen) atoms. The first-order valence-corrected chi connectivity index (χ1v) is 5.64. The first-order valence-electron chi connectivity index (χ1n) is 5.64. The van der Waals surface area contributed by atoms with Crippen LogP contribution in [-0.2, 0) is 0 Å². The zero-order valence-corrected chi connectivity index (χ0v) is 10.3. The molecule has 0 saturated heterocycles. The van der Waals surface area contributed by atoms with E-state index in [-0.39, 0.29) is 17.2 Å². The number of hydrogen-bond donors (Lipinski definition) is 2. The van der Waals surface area contributed by atoms with Crippen LogP contribution in [0.15, 0.2) is 41.2 Å². The van der Waals surface area contributed by atoms with Crippen LogP contribution in [0, 0.1) is 13.8 Å². The lowest BCUT2D eigenvalue weighted by Crippen LogP contribution is -2.17. The molecule has 1 heterocycles. The molecule has 0 saturated carbocycles. The van der Waals surface area contributed by atoms with Gasteiger partial charge in [-0.25, -0.2) is 0 Å². The Kier molecular flexibility index (Phi) is 3.28. The molecular weight excluding hydrogens is 228 g/mol. The zero-order chi connectivity index (χ0) is 13.1. The van der Waals surface area contributed by atoms with Crippen molar-refractivity contribution < 1.29 is 4.79 Å². The Bertz CT molecular complexity index is 644. The van der Waals surface area contributed by atoms with E-state index in [0.29, 0.717) is 5.69 Å². The summed E-state index contributed by atoms with van der Waals surface area (Å²) in [5.41, 5.74) is 2.95. The summed E-state index contributed by atoms with van der Waals surface area (Å²) in [7, 11) is 0. The fraction of sp³-hybridized carbons (Fsp3) is 0.143. The van der Waals surface area contributed by atoms with Crippen LogP contribution in [0.5, 0.6) is 0 Å². The Morgan fingerprint density at radius 1 is 1.11 bits per heavy atom. The Hall–Kier alpha value is -2.36. The normalized spacial score (nSPS) is 10.1. The second kappa shape index (κ2) is 4.87. The van der Waals surface area contributed by atoms with E-state index >= 15 is 0 Å². The average Bonchev–Trinajstić information content (AvgIpc) is 2.34. The first kappa shape index (κ1) is 12.1. The van der Waals surface area contributed by atoms with Gasteiger partial charge in [-0.05, 0) is 43.2 Å². The molecule has 0 aliphatic heterocycles. The lowest BCUT2D eigenvalue weighted by molar-refractivity contribution is 0.102. The highest BCUT2D eigenvalue weighted by atomic mass is 16.2. The van der Waals surface area contributed by atoms with E-state index in [1.165, 1.54) is 11.6 Å². The molecule has 1 aromatic carbocycles. The molecule has 92 valence electrons. The van der Waals surface area contributed by atoms with Crippen LogP contribution in [0.25, 0.3) is 0 Å². The van der Waals surface area contributed by atoms with E-state index < -0.39 is 0 Å². The molecule has 0 aliphatic rings. The summed E-state index contributed by atoms with van der Waals surface area (Å²) >= 11 is 0. The van der Waals surface area contributed by atoms with Gasteiger partial charge in [-0.1, -0.05) is 12.1 Å². The molecule has 0 aliphatic carbocycles. The van der Waals surface area contributed by atoms with Crippen LogP contribution in [-0.4, -0.2) is 10.9 Å². The molecule has 2 rings (SSSR count). The highest BCUT2D eigenvalue weighted by molar-refractivity contribution is 6.02. The lowest BCUT2D eigenvalue weighted by Gasteiger charge is -2.07. The molecule has 0 atom stereocenters. The van der Waals surface area contributed by atoms with Crippen molar-refractivity contribution in [3.63, 3.8) is 0 Å². The van der Waals surface area contributed by atoms with E-state index in [4.69, 9.17) is 0 Å². The number of aromatic amines is 1. The van der Waals surface area contributed by atoms with Crippen LogP contribution in [0.4, 0.5) is 5.69 Å². The summed E-state index contributed by atoms with van der Waals surface area (Å²) in [6.45, 7) is 3.99. The monoisotopic (exact) mass is 242 g/mol. The van der Waals surface area contributed by atoms with Gasteiger partial charge in [0.15, 0.2) is 0 Å². The lowest BCUT2D eigenvalue weighted by atomic mass is 10.1. The first-order chi connectivity index (χ1) is 8.56. The minimum absolute atomic E-state index is 0.251. The molecule has 0 radical (unpaired) electrons. The van der Waals surface area contributed by atoms with E-state index in [1.807, 2.05) is 32.0 Å². The van der Waals surface area contributed by atoms with Crippen molar-refractivity contribution in [1.29, 1.82) is 0 Å². The Morgan fingerprint density at radius 3 is 2.56 bits per heavy atom. The number of aryl methyl sites for hydroxylation is 2. The van der Waals surface area contributed by atoms with E-state index in [9.17, 15) is 9.59 Å². The largest absolute Gasteiger partial charge is 0.321 e. The number of H-pyrrole nitrogens is 1. The van der Waals surface area contributed by atoms with Gasteiger partial charge < -0.3 is 10.3 Å². The Morgan fingerprint density at radius 2 is 1.89 bits per heavy atom. The van der Waals surface area contributed by atoms with Crippen LogP contribution >= 0.6 is 0 Å². The van der Waals surface area contributed by atoms with Crippen LogP contribution < -0.4 is 10.9 Å². The zero-order valence-electron chi connectivity index (χ0n) is 10.3. The minimum Gasteiger partial charge on any atom is -0.321 e. The maximum atomic E-state index is 11.9. The molecule has 0 fully saturated rings. The van der Waals surface area contributed by atoms with Crippen LogP contribution in [0.3, 0.4) is 0 Å². The van der Waals surface area contributed by atoms with E-state index in [2.05, 4.69) is 10.3 Å². The van der Waals surface area contributed by atoms with Crippen molar-refractivity contribution >= 4 is 11.6 Å². The maximum Gasteiger partial charge on any atom is 0.272 e. The summed E-state index contributed by atoms with van der Waals surface area (Å²) in [6, 6.07) is 10.2. The summed E-state index contributed by atoms with van der Waals surface area (Å²) in [6.07, 6.45) is 0. The van der Waals surface area contributed by atoms with Crippen molar-refractivity contribution in [3.8, 4) is 0 Å². The van der Waals surface area contributed by atoms with Gasteiger partial charge in [0, 0.05) is 11.8 Å². The molecule has 0 spiro atoms. The van der Waals surface area contributed by atoms with Crippen molar-refractivity contribution in [2.45, 2.75) is 13.8 Å². The predicted molar refractivity (Wildman–Crippen MR) is 70.9 cm³/mol. The van der Waals surface area contributed by atoms with Gasteiger partial charge in [-0.15, -0.1) is 0 Å². The Labute approximate surface area is 105 Å². The third kappa shape index (κ3) is 2.66. The number of nitrogens with one attached hydrogen (secondary N) is 2. The molecule has 4 heteroatoms. The molecule has 4 nitrogen and oxygen atoms in total. The topological polar surface area (TPSA) is 62.0 Å². The average molecular weight is 242 g/mol. The van der Waals surface area contributed by atoms with Crippen LogP contribution in [0.2, 0.25) is 0 Å². The number of hydrogen-bond acceptors (Lipinski definition) is 2. The highest BCUT2D eigenvalue weighted by Gasteiger charge is 2.06. The van der Waals surface area contributed by atoms with Crippen molar-refractivity contribution in [3.05, 3.63) is 63.6 Å². The fourth-order valence-electron chi connectivity index (χ4n) is 1.60. The number of pyridine rings is 1. The number of carbonyl (C=O) groups is 1. The number of aromatic nitrogens is 1. The third-order valence-electron chi connectivity index (χ3n) is 2.78. The third-order valence-corrected chi connectivity index (χ3v) is 2.78. The van der Waals surface area contributed by atoms with Gasteiger partial charge in [-0.2, -0.15) is 0 Å². The summed E-state index contributed by atoms with van der Waals surface area (Å²) in [5, 5.41) is 2.74. The molecule has 2 aromatic rings. The molecule has 1 aromatic heterocycles. The second-order valence-corrected chi connectivity index (χ2v) is 4.18. The highest BCUT2D eigenvalue weighted by Crippen LogP contribution is 2.14. The van der Waals surface area contributed by atoms with Gasteiger partial charge in [0.25, 0.3) is 5.91 Å². The number of anilines is 1. The summed E-state index contributed by atoms with van der Waals surface area (Å²) in [4.78, 5) is 25.5. The smallest absolute Gasteiger partial charge is 0.272 e. The number of carbonyl (C=O) groups excluding carboxylic acids is 1. The molecule has 0 unspecified atom stereocenters. The number of rotatable bonds is 2. The van der Waals surface area contributed by atoms with Crippen molar-refractivity contribution in [2.24, 2.45) is 0 Å². The Balaban J connectivity index is 2.21. The van der Waals surface area contributed by atoms with E-state index in [0.717, 1.165) is 5.56 Å². The molecule has 0 bridgehead atoms. The van der Waals surface area contributed by atoms with Gasteiger partial charge >= 0.3 is 0 Å². The van der Waals surface area contributed by atoms with Crippen LogP contribution in [0.1, 0.15) is 21.6 Å². The summed E-state index contributed by atoms with van der Waals surface area (Å²) in [5.74, 6) is -0.323. The quantitative estimate of drug-likeness (QED) is 0.848. The van der Waals surface area contributed by atoms with Gasteiger partial charge in [0.1, 0.15) is 5.69 Å². The maximum absolute atomic E-state index is 11.9. The standard InChI is InChI=1S/C14H14N2O2/c1-9-6-7-11(8-10(9)2)15-14(18)12-4-3-5-13(17)16-12/h3-8H,1-2H3,(H,15,18)(H,16,17). The van der Waals surface area contributed by atoms with Gasteiger partial charge in [-0.3, -0.25) is 9.59 Å². The molecule has 1 amide bonds. The van der Waals surface area contributed by atoms with Crippen molar-refractivity contribution in [2.75, 3.05) is 5.32 Å². The minimum atomic E-state index is -0.323. The SMILES string of the molecule is Cc1ccc(NC(=O)c2cccc(=O)[nH]2)cc1C. The molecule has 2 N–H and O–H groups in total. The fourth-order valence-corrected chi connectivity index (χ4v) is 1.60. The van der Waals surface area contributed by atoms with Crippen molar-refractivity contribution in [1.82, 2.24) is 4.98 Å². The molecular formula is C14H14N2O2. The van der Waals surface area contributed by atoms with E-state index in [1.54, 1.807) is 12.1 Å². The number of amides is 1. The van der Waals surface area contributed by atoms with Gasteiger partial charge in [0.2, 0.25) is 5.56 Å². The summed E-state index contributed by atoms with van der Waals surface area (Å²) < 4.78 is 0. The number of benzene rings is 1. The predicted octanol–water partition coefficient (Wildman–Crippen LogP) is 2.24. The van der Waals surface area contributed by atoms with Gasteiger partial charge in [0.05, 0.1) is 0 Å².